The molecule has 0 amide bonds. The van der Waals surface area contributed by atoms with Gasteiger partial charge in [0.25, 0.3) is 0 Å². The SMILES string of the molecule is O=S(=O)([O-])c1cc(-c2ccc(O)c(S(=O)(=O)[O-])c2)ccc1O.[OH3+].[OH3+]. The fraction of sp³-hybridized carbons (Fsp3) is 0. The van der Waals surface area contributed by atoms with Crippen LogP contribution >= 0.6 is 0 Å². The third kappa shape index (κ3) is 4.41. The Bertz CT molecular complexity index is 868. The van der Waals surface area contributed by atoms with Crippen molar-refractivity contribution in [2.24, 2.45) is 0 Å². The van der Waals surface area contributed by atoms with Gasteiger partial charge in [-0.3, -0.25) is 0 Å². The Hall–Kier alpha value is -2.22. The summed E-state index contributed by atoms with van der Waals surface area (Å²) in [6, 6.07) is 6.00. The fourth-order valence-electron chi connectivity index (χ4n) is 1.79. The molecule has 0 saturated carbocycles. The van der Waals surface area contributed by atoms with Crippen molar-refractivity contribution in [1.82, 2.24) is 0 Å². The van der Waals surface area contributed by atoms with Crippen LogP contribution in [-0.4, -0.2) is 36.2 Å². The van der Waals surface area contributed by atoms with E-state index >= 15 is 0 Å². The number of hydrogen-bond acceptors (Lipinski definition) is 8. The van der Waals surface area contributed by atoms with E-state index in [1.165, 1.54) is 12.1 Å². The molecule has 0 radical (unpaired) electrons. The van der Waals surface area contributed by atoms with Crippen molar-refractivity contribution >= 4 is 20.2 Å². The van der Waals surface area contributed by atoms with Crippen molar-refractivity contribution in [3.63, 3.8) is 0 Å². The summed E-state index contributed by atoms with van der Waals surface area (Å²) in [7, 11) is -9.88. The van der Waals surface area contributed by atoms with E-state index in [4.69, 9.17) is 0 Å². The van der Waals surface area contributed by atoms with Gasteiger partial charge in [-0.1, -0.05) is 12.1 Å². The first-order chi connectivity index (χ1) is 10.00. The third-order valence-electron chi connectivity index (χ3n) is 2.79. The van der Waals surface area contributed by atoms with Crippen LogP contribution in [0.25, 0.3) is 11.1 Å². The first-order valence-electron chi connectivity index (χ1n) is 5.58. The van der Waals surface area contributed by atoms with Gasteiger partial charge in [-0.05, 0) is 35.4 Å². The number of benzene rings is 2. The average Bonchev–Trinajstić information content (AvgIpc) is 2.37. The Morgan fingerprint density at radius 1 is 0.667 bits per heavy atom. The normalized spacial score (nSPS) is 11.2. The van der Waals surface area contributed by atoms with Crippen molar-refractivity contribution in [2.75, 3.05) is 0 Å². The van der Waals surface area contributed by atoms with Gasteiger partial charge in [-0.15, -0.1) is 0 Å². The van der Waals surface area contributed by atoms with Gasteiger partial charge in [-0.25, -0.2) is 16.8 Å². The number of aromatic hydroxyl groups is 2. The van der Waals surface area contributed by atoms with Gasteiger partial charge in [0.15, 0.2) is 0 Å². The molecule has 24 heavy (non-hydrogen) atoms. The molecular formula is C12H14O10S2. The minimum absolute atomic E-state index is 0. The summed E-state index contributed by atoms with van der Waals surface area (Å²) in [4.78, 5) is -1.77. The summed E-state index contributed by atoms with van der Waals surface area (Å²) in [6.45, 7) is 0. The molecule has 0 saturated heterocycles. The van der Waals surface area contributed by atoms with Crippen LogP contribution in [0, 0.1) is 0 Å². The molecule has 0 bridgehead atoms. The fourth-order valence-corrected chi connectivity index (χ4v) is 2.98. The topological polar surface area (TPSA) is 221 Å². The van der Waals surface area contributed by atoms with Crippen LogP contribution in [0.3, 0.4) is 0 Å². The molecule has 0 unspecified atom stereocenters. The number of hydrogen-bond donors (Lipinski definition) is 2. The van der Waals surface area contributed by atoms with E-state index in [0.717, 1.165) is 24.3 Å². The summed E-state index contributed by atoms with van der Waals surface area (Å²) in [5.41, 5.74) is 0.134. The second kappa shape index (κ2) is 7.12. The summed E-state index contributed by atoms with van der Waals surface area (Å²) in [6.07, 6.45) is 0. The zero-order valence-electron chi connectivity index (χ0n) is 11.8. The van der Waals surface area contributed by atoms with Gasteiger partial charge in [0, 0.05) is 0 Å². The highest BCUT2D eigenvalue weighted by Crippen LogP contribution is 2.32. The van der Waals surface area contributed by atoms with Gasteiger partial charge < -0.3 is 30.3 Å². The monoisotopic (exact) mass is 382 g/mol. The molecular weight excluding hydrogens is 368 g/mol. The lowest BCUT2D eigenvalue weighted by Crippen LogP contribution is -2.01. The van der Waals surface area contributed by atoms with Crippen LogP contribution in [0.1, 0.15) is 0 Å². The van der Waals surface area contributed by atoms with Crippen LogP contribution in [0.15, 0.2) is 46.2 Å². The molecule has 0 aliphatic heterocycles. The standard InChI is InChI=1S/C12H10O8S2.2H2O/c13-9-3-1-7(5-11(9)21(15,16)17)8-2-4-10(14)12(6-8)22(18,19)20;;/h1-6,13-14H,(H,15,16,17)(H,18,19,20);2*1H2. The smallest absolute Gasteiger partial charge is 0.133 e. The first kappa shape index (κ1) is 21.8. The Kier molecular flexibility index (Phi) is 6.47. The average molecular weight is 382 g/mol. The van der Waals surface area contributed by atoms with E-state index in [-0.39, 0.29) is 22.1 Å². The Labute approximate surface area is 136 Å². The zero-order valence-corrected chi connectivity index (χ0v) is 13.4. The molecule has 134 valence electrons. The van der Waals surface area contributed by atoms with Crippen LogP contribution in [0.4, 0.5) is 0 Å². The van der Waals surface area contributed by atoms with Crippen LogP contribution in [0.2, 0.25) is 0 Å². The highest BCUT2D eigenvalue weighted by atomic mass is 32.2. The predicted octanol–water partition coefficient (Wildman–Crippen LogP) is -1.27. The third-order valence-corrected chi connectivity index (χ3v) is 4.52. The summed E-state index contributed by atoms with van der Waals surface area (Å²) >= 11 is 0. The van der Waals surface area contributed by atoms with Gasteiger partial charge in [0.1, 0.15) is 31.7 Å². The molecule has 0 fully saturated rings. The predicted molar refractivity (Wildman–Crippen MR) is 80.9 cm³/mol. The summed E-state index contributed by atoms with van der Waals surface area (Å²) in [5.74, 6) is -1.51. The van der Waals surface area contributed by atoms with Crippen molar-refractivity contribution < 1.29 is 47.1 Å². The van der Waals surface area contributed by atoms with Crippen molar-refractivity contribution in [2.45, 2.75) is 9.79 Å². The van der Waals surface area contributed by atoms with E-state index in [1.54, 1.807) is 0 Å². The Morgan fingerprint density at radius 3 is 1.21 bits per heavy atom. The molecule has 10 nitrogen and oxygen atoms in total. The van der Waals surface area contributed by atoms with E-state index < -0.39 is 41.5 Å². The first-order valence-corrected chi connectivity index (χ1v) is 8.40. The number of phenols is 2. The van der Waals surface area contributed by atoms with Gasteiger partial charge in [0.05, 0.1) is 9.79 Å². The lowest BCUT2D eigenvalue weighted by Gasteiger charge is -2.13. The van der Waals surface area contributed by atoms with Crippen molar-refractivity contribution in [3.05, 3.63) is 36.4 Å². The Morgan fingerprint density at radius 2 is 0.958 bits per heavy atom. The van der Waals surface area contributed by atoms with Gasteiger partial charge >= 0.3 is 0 Å². The maximum atomic E-state index is 11.0. The molecule has 12 heteroatoms. The van der Waals surface area contributed by atoms with Crippen LogP contribution < -0.4 is 0 Å². The minimum atomic E-state index is -4.94. The molecule has 0 aliphatic carbocycles. The molecule has 2 rings (SSSR count). The molecule has 0 heterocycles. The molecule has 0 spiro atoms. The van der Waals surface area contributed by atoms with Gasteiger partial charge in [-0.2, -0.15) is 0 Å². The summed E-state index contributed by atoms with van der Waals surface area (Å²) < 4.78 is 66.1. The second-order valence-corrected chi connectivity index (χ2v) is 6.97. The Balaban J connectivity index is 0.00000264. The zero-order chi connectivity index (χ0) is 16.7. The van der Waals surface area contributed by atoms with E-state index in [9.17, 15) is 36.2 Å². The molecule has 8 N–H and O–H groups in total. The second-order valence-electron chi connectivity index (χ2n) is 4.27. The minimum Gasteiger partial charge on any atom is -0.744 e. The highest BCUT2D eigenvalue weighted by Gasteiger charge is 2.13. The summed E-state index contributed by atoms with van der Waals surface area (Å²) in [5, 5.41) is 18.8. The lowest BCUT2D eigenvalue weighted by molar-refractivity contribution is 0.432. The van der Waals surface area contributed by atoms with Crippen LogP contribution in [0.5, 0.6) is 11.5 Å². The largest absolute Gasteiger partial charge is 0.744 e. The molecule has 2 aromatic carbocycles. The molecule has 0 aromatic heterocycles. The molecule has 2 aromatic rings. The molecule has 0 atom stereocenters. The van der Waals surface area contributed by atoms with Crippen LogP contribution in [-0.2, 0) is 31.2 Å². The number of phenolic OH excluding ortho intramolecular Hbond substituents is 2. The van der Waals surface area contributed by atoms with E-state index in [1.807, 2.05) is 0 Å². The van der Waals surface area contributed by atoms with Gasteiger partial charge in [0.2, 0.25) is 0 Å². The quantitative estimate of drug-likeness (QED) is 0.479. The lowest BCUT2D eigenvalue weighted by atomic mass is 10.1. The van der Waals surface area contributed by atoms with E-state index in [0.29, 0.717) is 0 Å². The number of rotatable bonds is 3. The highest BCUT2D eigenvalue weighted by molar-refractivity contribution is 7.86. The maximum Gasteiger partial charge on any atom is 0.133 e. The van der Waals surface area contributed by atoms with Crippen molar-refractivity contribution in [1.29, 1.82) is 0 Å². The van der Waals surface area contributed by atoms with E-state index in [2.05, 4.69) is 0 Å². The van der Waals surface area contributed by atoms with Crippen molar-refractivity contribution in [3.8, 4) is 22.6 Å². The molecule has 0 aliphatic rings. The maximum absolute atomic E-state index is 11.0.